The van der Waals surface area contributed by atoms with Crippen molar-refractivity contribution < 1.29 is 14.4 Å². The van der Waals surface area contributed by atoms with Crippen molar-refractivity contribution in [2.45, 2.75) is 38.3 Å². The number of anilines is 2. The Bertz CT molecular complexity index is 1780. The predicted octanol–water partition coefficient (Wildman–Crippen LogP) is 5.94. The molecule has 3 aliphatic heterocycles. The molecule has 0 unspecified atom stereocenters. The van der Waals surface area contributed by atoms with E-state index in [2.05, 4.69) is 27.3 Å². The topological polar surface area (TPSA) is 79.4 Å². The van der Waals surface area contributed by atoms with E-state index in [4.69, 9.17) is 0 Å². The van der Waals surface area contributed by atoms with Gasteiger partial charge in [0.15, 0.2) is 11.6 Å². The van der Waals surface area contributed by atoms with Crippen molar-refractivity contribution in [2.24, 2.45) is 5.92 Å². The third kappa shape index (κ3) is 3.50. The fourth-order valence-electron chi connectivity index (χ4n) is 7.13. The van der Waals surface area contributed by atoms with Crippen LogP contribution in [0.4, 0.5) is 11.4 Å². The van der Waals surface area contributed by atoms with E-state index >= 15 is 0 Å². The van der Waals surface area contributed by atoms with Gasteiger partial charge in [-0.2, -0.15) is 0 Å². The number of Topliss-reactive ketones (excluding diaryl/α,β-unsaturated/α-hetero) is 2. The molecule has 6 heteroatoms. The Hall–Kier alpha value is -4.84. The zero-order chi connectivity index (χ0) is 28.5. The Kier molecular flexibility index (Phi) is 5.58. The fourth-order valence-corrected chi connectivity index (χ4v) is 7.13. The number of carbonyl (C=O) groups is 3. The van der Waals surface area contributed by atoms with Gasteiger partial charge in [-0.3, -0.25) is 19.4 Å². The van der Waals surface area contributed by atoms with Crippen molar-refractivity contribution in [3.63, 3.8) is 0 Å². The van der Waals surface area contributed by atoms with Crippen molar-refractivity contribution in [2.75, 3.05) is 10.2 Å². The maximum Gasteiger partial charge on any atom is 0.238 e. The molecule has 0 radical (unpaired) electrons. The van der Waals surface area contributed by atoms with Crippen LogP contribution in [0.3, 0.4) is 0 Å². The molecule has 1 spiro atoms. The molecule has 202 valence electrons. The standard InChI is InChI=1S/C35H29N3O3/c1-20-8-11-23(12-9-20)33(40)31-30(32(39)24-14-16-36-17-15-24)35(26-6-4-5-7-27(26)37-34(35)41)29-19-22(3)25-18-21(2)10-13-28(25)38(29)31/h4-19,29-31H,1-3H3,(H,37,41)/t29-,30-,31+,35-/m1/s1. The fraction of sp³-hybridized carbons (Fsp3) is 0.200. The van der Waals surface area contributed by atoms with Crippen molar-refractivity contribution in [1.82, 2.24) is 4.98 Å². The summed E-state index contributed by atoms with van der Waals surface area (Å²) in [5.74, 6) is -1.70. The first-order valence-electron chi connectivity index (χ1n) is 13.9. The molecule has 1 amide bonds. The van der Waals surface area contributed by atoms with Gasteiger partial charge in [0.05, 0.1) is 12.0 Å². The van der Waals surface area contributed by atoms with Gasteiger partial charge in [0.25, 0.3) is 0 Å². The summed E-state index contributed by atoms with van der Waals surface area (Å²) in [5.41, 5.74) is 6.02. The number of amides is 1. The number of hydrogen-bond acceptors (Lipinski definition) is 5. The van der Waals surface area contributed by atoms with Crippen molar-refractivity contribution in [3.05, 3.63) is 131 Å². The summed E-state index contributed by atoms with van der Waals surface area (Å²) in [7, 11) is 0. The maximum absolute atomic E-state index is 14.7. The van der Waals surface area contributed by atoms with E-state index in [1.807, 2.05) is 81.4 Å². The largest absolute Gasteiger partial charge is 0.352 e. The third-order valence-electron chi connectivity index (χ3n) is 8.98. The molecule has 1 aromatic heterocycles. The molecular formula is C35H29N3O3. The lowest BCUT2D eigenvalue weighted by atomic mass is 9.64. The van der Waals surface area contributed by atoms with Crippen LogP contribution < -0.4 is 10.2 Å². The summed E-state index contributed by atoms with van der Waals surface area (Å²) in [6, 6.07) is 23.0. The highest BCUT2D eigenvalue weighted by molar-refractivity contribution is 6.18. The van der Waals surface area contributed by atoms with E-state index in [0.29, 0.717) is 16.8 Å². The van der Waals surface area contributed by atoms with Gasteiger partial charge in [0, 0.05) is 40.5 Å². The number of allylic oxidation sites excluding steroid dienone is 1. The second-order valence-electron chi connectivity index (χ2n) is 11.3. The van der Waals surface area contributed by atoms with Gasteiger partial charge in [-0.1, -0.05) is 65.7 Å². The first kappa shape index (κ1) is 25.1. The van der Waals surface area contributed by atoms with Gasteiger partial charge in [0.1, 0.15) is 11.5 Å². The molecule has 0 saturated carbocycles. The van der Waals surface area contributed by atoms with Gasteiger partial charge in [-0.15, -0.1) is 0 Å². The van der Waals surface area contributed by atoms with Gasteiger partial charge in [-0.05, 0) is 62.2 Å². The highest BCUT2D eigenvalue weighted by atomic mass is 16.2. The van der Waals surface area contributed by atoms with Crippen LogP contribution in [0.25, 0.3) is 5.57 Å². The van der Waals surface area contributed by atoms with Crippen LogP contribution in [-0.4, -0.2) is 34.5 Å². The second kappa shape index (κ2) is 9.10. The Morgan fingerprint density at radius 2 is 1.51 bits per heavy atom. The molecule has 3 aliphatic rings. The minimum Gasteiger partial charge on any atom is -0.352 e. The first-order chi connectivity index (χ1) is 19.8. The number of ketones is 2. The van der Waals surface area contributed by atoms with Gasteiger partial charge in [0.2, 0.25) is 5.91 Å². The Morgan fingerprint density at radius 1 is 0.829 bits per heavy atom. The quantitative estimate of drug-likeness (QED) is 0.325. The second-order valence-corrected chi connectivity index (χ2v) is 11.3. The number of carbonyl (C=O) groups excluding carboxylic acids is 3. The number of benzene rings is 3. The summed E-state index contributed by atoms with van der Waals surface area (Å²) < 4.78 is 0. The number of para-hydroxylation sites is 1. The van der Waals surface area contributed by atoms with E-state index in [1.54, 1.807) is 24.5 Å². The summed E-state index contributed by atoms with van der Waals surface area (Å²) in [6.07, 6.45) is 5.23. The van der Waals surface area contributed by atoms with E-state index in [0.717, 1.165) is 33.5 Å². The molecule has 0 aliphatic carbocycles. The maximum atomic E-state index is 14.7. The molecule has 4 heterocycles. The zero-order valence-corrected chi connectivity index (χ0v) is 23.1. The number of nitrogens with zero attached hydrogens (tertiary/aromatic N) is 2. The molecule has 1 N–H and O–H groups in total. The number of aromatic nitrogens is 1. The van der Waals surface area contributed by atoms with Crippen molar-refractivity contribution in [1.29, 1.82) is 0 Å². The zero-order valence-electron chi connectivity index (χ0n) is 23.1. The molecule has 0 bridgehead atoms. The van der Waals surface area contributed by atoms with E-state index in [1.165, 1.54) is 0 Å². The van der Waals surface area contributed by atoms with Crippen LogP contribution in [0.1, 0.15) is 49.9 Å². The summed E-state index contributed by atoms with van der Waals surface area (Å²) in [6.45, 7) is 6.05. The minimum atomic E-state index is -1.33. The van der Waals surface area contributed by atoms with Crippen LogP contribution in [-0.2, 0) is 10.2 Å². The first-order valence-corrected chi connectivity index (χ1v) is 13.9. The predicted molar refractivity (Wildman–Crippen MR) is 159 cm³/mol. The van der Waals surface area contributed by atoms with Gasteiger partial charge in [-0.25, -0.2) is 0 Å². The molecule has 4 atom stereocenters. The highest BCUT2D eigenvalue weighted by Crippen LogP contribution is 2.58. The van der Waals surface area contributed by atoms with E-state index < -0.39 is 23.4 Å². The lowest BCUT2D eigenvalue weighted by molar-refractivity contribution is -0.121. The van der Waals surface area contributed by atoms with Crippen LogP contribution >= 0.6 is 0 Å². The van der Waals surface area contributed by atoms with Crippen molar-refractivity contribution in [3.8, 4) is 0 Å². The SMILES string of the molecule is CC1=C[C@H]2N(c3ccc(C)cc31)[C@H](C(=O)c1ccc(C)cc1)[C@H](C(=O)c1ccncc1)[C@]21C(=O)Nc2ccccc21. The molecule has 7 rings (SSSR count). The normalized spacial score (nSPS) is 23.9. The number of pyridine rings is 1. The van der Waals surface area contributed by atoms with Crippen LogP contribution in [0.2, 0.25) is 0 Å². The lowest BCUT2D eigenvalue weighted by Crippen LogP contribution is -2.51. The smallest absolute Gasteiger partial charge is 0.238 e. The lowest BCUT2D eigenvalue weighted by Gasteiger charge is -2.39. The summed E-state index contributed by atoms with van der Waals surface area (Å²) >= 11 is 0. The molecule has 6 nitrogen and oxygen atoms in total. The van der Waals surface area contributed by atoms with Crippen molar-refractivity contribution >= 4 is 34.4 Å². The number of nitrogens with one attached hydrogen (secondary N) is 1. The Morgan fingerprint density at radius 3 is 2.27 bits per heavy atom. The monoisotopic (exact) mass is 539 g/mol. The van der Waals surface area contributed by atoms with E-state index in [9.17, 15) is 14.4 Å². The number of hydrogen-bond donors (Lipinski definition) is 1. The summed E-state index contributed by atoms with van der Waals surface area (Å²) in [5, 5.41) is 3.08. The third-order valence-corrected chi connectivity index (χ3v) is 8.98. The molecule has 1 fully saturated rings. The Labute approximate surface area is 238 Å². The number of aryl methyl sites for hydroxylation is 2. The van der Waals surface area contributed by atoms with Gasteiger partial charge < -0.3 is 10.2 Å². The summed E-state index contributed by atoms with van der Waals surface area (Å²) in [4.78, 5) is 50.1. The highest BCUT2D eigenvalue weighted by Gasteiger charge is 2.70. The van der Waals surface area contributed by atoms with Crippen LogP contribution in [0.5, 0.6) is 0 Å². The molecular weight excluding hydrogens is 510 g/mol. The number of rotatable bonds is 4. The molecule has 4 aromatic rings. The molecule has 41 heavy (non-hydrogen) atoms. The van der Waals surface area contributed by atoms with Crippen LogP contribution in [0, 0.1) is 19.8 Å². The molecule has 1 saturated heterocycles. The van der Waals surface area contributed by atoms with E-state index in [-0.39, 0.29) is 17.5 Å². The minimum absolute atomic E-state index is 0.184. The molecule has 3 aromatic carbocycles. The average molecular weight is 540 g/mol. The van der Waals surface area contributed by atoms with Gasteiger partial charge >= 0.3 is 0 Å². The van der Waals surface area contributed by atoms with Crippen LogP contribution in [0.15, 0.2) is 97.3 Å². The Balaban J connectivity index is 1.56. The number of fused-ring (bicyclic) bond motifs is 6. The average Bonchev–Trinajstić information content (AvgIpc) is 3.45.